The summed E-state index contributed by atoms with van der Waals surface area (Å²) in [7, 11) is 0. The number of aliphatic hydroxyl groups excluding tert-OH is 1. The Bertz CT molecular complexity index is 203. The zero-order chi connectivity index (χ0) is 12.6. The second-order valence-electron chi connectivity index (χ2n) is 5.49. The molecule has 0 aromatic carbocycles. The number of hydrogen-bond donors (Lipinski definition) is 1. The Morgan fingerprint density at radius 2 is 1.94 bits per heavy atom. The van der Waals surface area contributed by atoms with Crippen LogP contribution in [-0.4, -0.2) is 11.2 Å². The van der Waals surface area contributed by atoms with E-state index in [1.54, 1.807) is 0 Å². The summed E-state index contributed by atoms with van der Waals surface area (Å²) >= 11 is 0. The highest BCUT2D eigenvalue weighted by molar-refractivity contribution is 4.94. The van der Waals surface area contributed by atoms with E-state index in [1.807, 2.05) is 0 Å². The number of unbranched alkanes of at least 4 members (excludes halogenated alkanes) is 1. The molecular weight excluding hydrogens is 196 g/mol. The Labute approximate surface area is 102 Å². The van der Waals surface area contributed by atoms with Gasteiger partial charge in [0.05, 0.1) is 6.10 Å². The van der Waals surface area contributed by atoms with Crippen LogP contribution in [0.15, 0.2) is 11.6 Å². The Morgan fingerprint density at radius 3 is 2.38 bits per heavy atom. The lowest BCUT2D eigenvalue weighted by Gasteiger charge is -2.33. The molecule has 0 fully saturated rings. The minimum Gasteiger partial charge on any atom is -0.393 e. The average molecular weight is 226 g/mol. The smallest absolute Gasteiger partial charge is 0.0593 e. The number of allylic oxidation sites excluding steroid dienone is 2. The van der Waals surface area contributed by atoms with Gasteiger partial charge in [-0.1, -0.05) is 45.3 Å². The minimum absolute atomic E-state index is 0.0983. The van der Waals surface area contributed by atoms with E-state index in [2.05, 4.69) is 40.7 Å². The first-order valence-electron chi connectivity index (χ1n) is 6.77. The van der Waals surface area contributed by atoms with Crippen molar-refractivity contribution in [2.75, 3.05) is 0 Å². The third-order valence-corrected chi connectivity index (χ3v) is 3.71. The highest BCUT2D eigenvalue weighted by atomic mass is 16.3. The highest BCUT2D eigenvalue weighted by Gasteiger charge is 2.29. The van der Waals surface area contributed by atoms with Gasteiger partial charge in [-0.2, -0.15) is 0 Å². The molecule has 0 aromatic rings. The molecule has 0 aliphatic carbocycles. The maximum Gasteiger partial charge on any atom is 0.0593 e. The van der Waals surface area contributed by atoms with E-state index in [9.17, 15) is 5.11 Å². The van der Waals surface area contributed by atoms with E-state index in [0.29, 0.717) is 0 Å². The summed E-state index contributed by atoms with van der Waals surface area (Å²) in [5.41, 5.74) is 1.47. The van der Waals surface area contributed by atoms with Crippen LogP contribution < -0.4 is 0 Å². The third-order valence-electron chi connectivity index (χ3n) is 3.71. The molecule has 0 amide bonds. The number of aliphatic hydroxyl groups is 1. The molecule has 2 unspecified atom stereocenters. The summed E-state index contributed by atoms with van der Waals surface area (Å²) in [4.78, 5) is 0. The van der Waals surface area contributed by atoms with Gasteiger partial charge >= 0.3 is 0 Å². The van der Waals surface area contributed by atoms with Crippen LogP contribution in [0.4, 0.5) is 0 Å². The van der Waals surface area contributed by atoms with Crippen LogP contribution >= 0.6 is 0 Å². The monoisotopic (exact) mass is 226 g/mol. The topological polar surface area (TPSA) is 20.2 Å². The molecule has 0 rings (SSSR count). The average Bonchev–Trinajstić information content (AvgIpc) is 2.24. The molecule has 0 aromatic heterocycles. The van der Waals surface area contributed by atoms with E-state index in [1.165, 1.54) is 12.0 Å². The third kappa shape index (κ3) is 5.69. The molecule has 1 nitrogen and oxygen atoms in total. The molecule has 0 aliphatic rings. The standard InChI is InChI=1S/C15H30O/c1-6-8-11-14(16)15(5,7-2)12-9-10-13(3)4/h10,14,16H,6-9,11-12H2,1-5H3. The van der Waals surface area contributed by atoms with Gasteiger partial charge in [0.1, 0.15) is 0 Å². The van der Waals surface area contributed by atoms with E-state index in [-0.39, 0.29) is 11.5 Å². The van der Waals surface area contributed by atoms with Gasteiger partial charge in [0.25, 0.3) is 0 Å². The van der Waals surface area contributed by atoms with Crippen molar-refractivity contribution >= 4 is 0 Å². The van der Waals surface area contributed by atoms with Crippen molar-refractivity contribution in [1.29, 1.82) is 0 Å². The lowest BCUT2D eigenvalue weighted by molar-refractivity contribution is 0.0204. The first-order chi connectivity index (χ1) is 7.46. The summed E-state index contributed by atoms with van der Waals surface area (Å²) in [5, 5.41) is 10.2. The van der Waals surface area contributed by atoms with Gasteiger partial charge in [-0.3, -0.25) is 0 Å². The maximum absolute atomic E-state index is 10.2. The van der Waals surface area contributed by atoms with Gasteiger partial charge in [-0.05, 0) is 44.9 Å². The normalized spacial score (nSPS) is 16.6. The van der Waals surface area contributed by atoms with Crippen LogP contribution in [-0.2, 0) is 0 Å². The molecule has 0 spiro atoms. The van der Waals surface area contributed by atoms with Crippen LogP contribution in [0.5, 0.6) is 0 Å². The summed E-state index contributed by atoms with van der Waals surface area (Å²) in [6, 6.07) is 0. The summed E-state index contributed by atoms with van der Waals surface area (Å²) in [6.45, 7) is 10.9. The fourth-order valence-corrected chi connectivity index (χ4v) is 2.02. The molecule has 0 heterocycles. The minimum atomic E-state index is -0.136. The fourth-order valence-electron chi connectivity index (χ4n) is 2.02. The van der Waals surface area contributed by atoms with Gasteiger partial charge < -0.3 is 5.11 Å². The zero-order valence-corrected chi connectivity index (χ0v) is 11.8. The summed E-state index contributed by atoms with van der Waals surface area (Å²) in [5.74, 6) is 0. The molecule has 0 radical (unpaired) electrons. The largest absolute Gasteiger partial charge is 0.393 e. The Morgan fingerprint density at radius 1 is 1.31 bits per heavy atom. The van der Waals surface area contributed by atoms with Crippen LogP contribution in [0.1, 0.15) is 73.1 Å². The van der Waals surface area contributed by atoms with E-state index in [4.69, 9.17) is 0 Å². The summed E-state index contributed by atoms with van der Waals surface area (Å²) in [6.07, 6.45) is 8.66. The van der Waals surface area contributed by atoms with Gasteiger partial charge in [0.2, 0.25) is 0 Å². The first kappa shape index (κ1) is 15.7. The maximum atomic E-state index is 10.2. The van der Waals surface area contributed by atoms with Crippen LogP contribution in [0.3, 0.4) is 0 Å². The fraction of sp³-hybridized carbons (Fsp3) is 0.867. The second kappa shape index (κ2) is 7.89. The molecule has 0 aliphatic heterocycles. The van der Waals surface area contributed by atoms with E-state index in [0.717, 1.165) is 32.1 Å². The van der Waals surface area contributed by atoms with Gasteiger partial charge in [0.15, 0.2) is 0 Å². The quantitative estimate of drug-likeness (QED) is 0.595. The molecule has 16 heavy (non-hydrogen) atoms. The molecule has 2 atom stereocenters. The van der Waals surface area contributed by atoms with Crippen molar-refractivity contribution in [3.8, 4) is 0 Å². The van der Waals surface area contributed by atoms with Crippen molar-refractivity contribution < 1.29 is 5.11 Å². The van der Waals surface area contributed by atoms with E-state index >= 15 is 0 Å². The van der Waals surface area contributed by atoms with Crippen LogP contribution in [0, 0.1) is 5.41 Å². The molecule has 96 valence electrons. The highest BCUT2D eigenvalue weighted by Crippen LogP contribution is 2.34. The van der Waals surface area contributed by atoms with Gasteiger partial charge in [-0.25, -0.2) is 0 Å². The van der Waals surface area contributed by atoms with Crippen molar-refractivity contribution in [3.63, 3.8) is 0 Å². The molecule has 1 N–H and O–H groups in total. The van der Waals surface area contributed by atoms with Crippen molar-refractivity contribution in [3.05, 3.63) is 11.6 Å². The molecule has 1 heteroatoms. The molecule has 0 bridgehead atoms. The lowest BCUT2D eigenvalue weighted by Crippen LogP contribution is -2.31. The SMILES string of the molecule is CCCCC(O)C(C)(CC)CCC=C(C)C. The first-order valence-corrected chi connectivity index (χ1v) is 6.77. The Balaban J connectivity index is 4.22. The number of rotatable bonds is 8. The summed E-state index contributed by atoms with van der Waals surface area (Å²) < 4.78 is 0. The van der Waals surface area contributed by atoms with Crippen molar-refractivity contribution in [2.24, 2.45) is 5.41 Å². The van der Waals surface area contributed by atoms with Crippen LogP contribution in [0.2, 0.25) is 0 Å². The molecule has 0 saturated carbocycles. The van der Waals surface area contributed by atoms with E-state index < -0.39 is 0 Å². The molecular formula is C15H30O. The predicted molar refractivity (Wildman–Crippen MR) is 72.6 cm³/mol. The van der Waals surface area contributed by atoms with Gasteiger partial charge in [0, 0.05) is 0 Å². The number of hydrogen-bond acceptors (Lipinski definition) is 1. The molecule has 0 saturated heterocycles. The second-order valence-corrected chi connectivity index (χ2v) is 5.49. The van der Waals surface area contributed by atoms with Crippen LogP contribution in [0.25, 0.3) is 0 Å². The Hall–Kier alpha value is -0.300. The van der Waals surface area contributed by atoms with Crippen molar-refractivity contribution in [1.82, 2.24) is 0 Å². The predicted octanol–water partition coefficient (Wildman–Crippen LogP) is 4.70. The zero-order valence-electron chi connectivity index (χ0n) is 11.8. The Kier molecular flexibility index (Phi) is 7.74. The van der Waals surface area contributed by atoms with Gasteiger partial charge in [-0.15, -0.1) is 0 Å². The van der Waals surface area contributed by atoms with Crippen molar-refractivity contribution in [2.45, 2.75) is 79.2 Å². The lowest BCUT2D eigenvalue weighted by atomic mass is 9.76.